The van der Waals surface area contributed by atoms with Gasteiger partial charge in [-0.2, -0.15) is 0 Å². The van der Waals surface area contributed by atoms with E-state index in [4.69, 9.17) is 33.7 Å². The van der Waals surface area contributed by atoms with Gasteiger partial charge in [-0.15, -0.1) is 17.8 Å². The predicted molar refractivity (Wildman–Crippen MR) is 223 cm³/mol. The third-order valence-electron chi connectivity index (χ3n) is 13.2. The van der Waals surface area contributed by atoms with Crippen LogP contribution in [-0.4, -0.2) is 78.4 Å². The molecule has 4 aromatic carbocycles. The number of ether oxygens (including phenoxy) is 6. The van der Waals surface area contributed by atoms with E-state index in [1.165, 1.54) is 6.92 Å². The number of carbonyl (C=O) groups is 2. The zero-order valence-corrected chi connectivity index (χ0v) is 34.6. The van der Waals surface area contributed by atoms with Crippen LogP contribution in [0, 0.1) is 13.8 Å². The first-order chi connectivity index (χ1) is 29.2. The Morgan fingerprint density at radius 3 is 2.70 bits per heavy atom. The van der Waals surface area contributed by atoms with Gasteiger partial charge in [0, 0.05) is 52.6 Å². The Balaban J connectivity index is 1.09. The zero-order valence-electron chi connectivity index (χ0n) is 33.8. The first-order valence-electron chi connectivity index (χ1n) is 20.5. The number of nitrogens with one attached hydrogen (secondary N) is 2. The molecule has 0 amide bonds. The highest BCUT2D eigenvalue weighted by Crippen LogP contribution is 2.64. The van der Waals surface area contributed by atoms with Gasteiger partial charge in [0.05, 0.1) is 24.4 Å². The number of methoxy groups -OCH3 is 1. The molecule has 8 heterocycles. The number of piperazine rings is 1. The van der Waals surface area contributed by atoms with Gasteiger partial charge in [0.2, 0.25) is 6.79 Å². The number of aromatic nitrogens is 1. The minimum Gasteiger partial charge on any atom is -0.650 e. The number of aryl methyl sites for hydroxylation is 1. The van der Waals surface area contributed by atoms with Crippen molar-refractivity contribution in [3.05, 3.63) is 110 Å². The molecule has 0 radical (unpaired) electrons. The van der Waals surface area contributed by atoms with E-state index in [1.54, 1.807) is 18.9 Å². The van der Waals surface area contributed by atoms with E-state index in [0.29, 0.717) is 66.8 Å². The van der Waals surface area contributed by atoms with Gasteiger partial charge in [0.25, 0.3) is 0 Å². The Morgan fingerprint density at radius 1 is 1.05 bits per heavy atom. The fourth-order valence-electron chi connectivity index (χ4n) is 10.8. The quantitative estimate of drug-likeness (QED) is 0.125. The van der Waals surface area contributed by atoms with Gasteiger partial charge in [0.1, 0.15) is 24.7 Å². The Hall–Kier alpha value is -5.41. The summed E-state index contributed by atoms with van der Waals surface area (Å²) in [5, 5.41) is 21.6. The second-order valence-corrected chi connectivity index (χ2v) is 17.7. The molecule has 2 fully saturated rings. The van der Waals surface area contributed by atoms with Crippen LogP contribution >= 0.6 is 11.8 Å². The molecule has 1 aromatic heterocycles. The molecule has 4 bridgehead atoms. The number of phenols is 1. The normalized spacial score (nSPS) is 26.1. The van der Waals surface area contributed by atoms with Crippen LogP contribution < -0.4 is 29.0 Å². The molecule has 310 valence electrons. The van der Waals surface area contributed by atoms with E-state index < -0.39 is 28.8 Å². The number of nitrogens with zero attached hydrogens (tertiary/aromatic N) is 2. The number of para-hydroxylation sites is 1. The summed E-state index contributed by atoms with van der Waals surface area (Å²) in [5.74, 6) is 2.12. The number of benzene rings is 4. The van der Waals surface area contributed by atoms with E-state index in [2.05, 4.69) is 27.3 Å². The van der Waals surface area contributed by atoms with E-state index in [0.717, 1.165) is 55.5 Å². The van der Waals surface area contributed by atoms with Crippen LogP contribution in [0.3, 0.4) is 0 Å². The third kappa shape index (κ3) is 5.50. The lowest BCUT2D eigenvalue weighted by molar-refractivity contribution is -0.154. The maximum absolute atomic E-state index is 15.0. The van der Waals surface area contributed by atoms with Crippen LogP contribution in [0.25, 0.3) is 16.2 Å². The van der Waals surface area contributed by atoms with Crippen molar-refractivity contribution in [2.45, 2.75) is 75.2 Å². The lowest BCUT2D eigenvalue weighted by Crippen LogP contribution is -2.60. The van der Waals surface area contributed by atoms with E-state index >= 15 is 4.79 Å². The lowest BCUT2D eigenvalue weighted by atomic mass is 9.74. The molecule has 6 atom stereocenters. The third-order valence-corrected chi connectivity index (χ3v) is 14.7. The molecule has 0 saturated carbocycles. The smallest absolute Gasteiger partial charge is 0.333 e. The first kappa shape index (κ1) is 37.6. The number of aromatic hydroxyl groups is 1. The number of carbonyl (C=O) groups excluding carboxylic acids is 2. The predicted octanol–water partition coefficient (Wildman–Crippen LogP) is 6.88. The summed E-state index contributed by atoms with van der Waals surface area (Å²) in [6, 6.07) is 16.7. The van der Waals surface area contributed by atoms with Crippen molar-refractivity contribution in [2.75, 3.05) is 39.4 Å². The SMILES string of the molecule is COc1c(C)cc2c(c1O)[C@H]1[N-][C@@H](C2)CN2C3COC(=O)[C@]4(CS[C@H](c5c(OC(C)=O)c(C)c6c(c53)OCO6)C12)NCCc1c4[nH]c2c(OCc3ccccc3)cccc12. The van der Waals surface area contributed by atoms with Gasteiger partial charge in [-0.05, 0) is 67.1 Å². The molecule has 0 aliphatic carbocycles. The number of H-pyrrole nitrogens is 1. The summed E-state index contributed by atoms with van der Waals surface area (Å²) >= 11 is 1.60. The Labute approximate surface area is 351 Å². The average molecular weight is 830 g/mol. The molecule has 5 aromatic rings. The summed E-state index contributed by atoms with van der Waals surface area (Å²) in [7, 11) is 1.57. The van der Waals surface area contributed by atoms with Crippen molar-refractivity contribution in [2.24, 2.45) is 0 Å². The standard InChI is InChI=1S/C46H45N4O9S/c1-22-15-26-16-27-17-50-30-19-56-45(53)46(44-29(13-14-47-46)28-11-8-12-31(35(28)49-44)55-18-25-9-6-5-7-10-25)20-60-43(37(50)36(48-27)32(26)38(52)39(22)54-4)34-33(30)42-41(57-21-58-42)23(2)40(34)59-24(3)51/h5-12,15,27,30,36-37,43,47,49,52H,13-14,16-21H2,1-4H3/q-1/t27-,30?,36+,37?,43+,46+/m0/s1. The summed E-state index contributed by atoms with van der Waals surface area (Å²) in [6.07, 6.45) is 1.34. The molecule has 60 heavy (non-hydrogen) atoms. The molecular weight excluding hydrogens is 785 g/mol. The average Bonchev–Trinajstić information content (AvgIpc) is 3.89. The number of phenolic OH excluding ortho intramolecular Hbond substituents is 1. The van der Waals surface area contributed by atoms with Gasteiger partial charge in [-0.25, -0.2) is 4.79 Å². The van der Waals surface area contributed by atoms with Crippen molar-refractivity contribution < 1.29 is 43.1 Å². The van der Waals surface area contributed by atoms with Crippen molar-refractivity contribution in [1.82, 2.24) is 15.2 Å². The first-order valence-corrected chi connectivity index (χ1v) is 21.6. The van der Waals surface area contributed by atoms with E-state index in [1.807, 2.05) is 56.3 Å². The number of hydrogen-bond donors (Lipinski definition) is 3. The summed E-state index contributed by atoms with van der Waals surface area (Å²) < 4.78 is 37.3. The van der Waals surface area contributed by atoms with Crippen LogP contribution in [0.4, 0.5) is 0 Å². The van der Waals surface area contributed by atoms with Crippen molar-refractivity contribution in [3.8, 4) is 34.5 Å². The van der Waals surface area contributed by atoms with Gasteiger partial charge in [0.15, 0.2) is 28.5 Å². The molecule has 13 nitrogen and oxygen atoms in total. The highest BCUT2D eigenvalue weighted by Gasteiger charge is 2.55. The number of rotatable bonds is 5. The van der Waals surface area contributed by atoms with Gasteiger partial charge >= 0.3 is 11.9 Å². The van der Waals surface area contributed by atoms with Crippen LogP contribution in [0.5, 0.6) is 34.5 Å². The summed E-state index contributed by atoms with van der Waals surface area (Å²) in [5.41, 5.74) is 7.27. The zero-order chi connectivity index (χ0) is 41.0. The molecule has 2 saturated heterocycles. The molecule has 14 heteroatoms. The highest BCUT2D eigenvalue weighted by atomic mass is 32.2. The van der Waals surface area contributed by atoms with Gasteiger partial charge < -0.3 is 43.8 Å². The summed E-state index contributed by atoms with van der Waals surface area (Å²) in [6.45, 7) is 6.74. The second kappa shape index (κ2) is 14.1. The van der Waals surface area contributed by atoms with Crippen LogP contribution in [0.2, 0.25) is 0 Å². The number of fused-ring (bicyclic) bond motifs is 11. The van der Waals surface area contributed by atoms with E-state index in [-0.39, 0.29) is 43.0 Å². The molecule has 12 rings (SSSR count). The van der Waals surface area contributed by atoms with Crippen molar-refractivity contribution >= 4 is 34.6 Å². The van der Waals surface area contributed by atoms with Gasteiger partial charge in [-0.1, -0.05) is 54.6 Å². The molecule has 3 N–H and O–H groups in total. The minimum atomic E-state index is -1.27. The molecule has 1 spiro atoms. The van der Waals surface area contributed by atoms with Crippen LogP contribution in [0.15, 0.2) is 54.6 Å². The largest absolute Gasteiger partial charge is 0.650 e. The van der Waals surface area contributed by atoms with Gasteiger partial charge in [-0.3, -0.25) is 15.0 Å². The number of esters is 2. The molecule has 2 unspecified atom stereocenters. The minimum absolute atomic E-state index is 0.00804. The molecule has 7 aliphatic rings. The Morgan fingerprint density at radius 2 is 1.88 bits per heavy atom. The molecule has 7 aliphatic heterocycles. The number of hydrogen-bond acceptors (Lipinski definition) is 12. The van der Waals surface area contributed by atoms with Crippen LogP contribution in [-0.2, 0) is 39.3 Å². The van der Waals surface area contributed by atoms with Crippen molar-refractivity contribution in [3.63, 3.8) is 0 Å². The summed E-state index contributed by atoms with van der Waals surface area (Å²) in [4.78, 5) is 34.1. The number of aromatic amines is 1. The highest BCUT2D eigenvalue weighted by molar-refractivity contribution is 7.99. The number of thioether (sulfide) groups is 1. The maximum Gasteiger partial charge on any atom is 0.333 e. The van der Waals surface area contributed by atoms with Crippen molar-refractivity contribution in [1.29, 1.82) is 0 Å². The maximum atomic E-state index is 15.0. The molecular formula is C46H45N4O9S-. The lowest BCUT2D eigenvalue weighted by Gasteiger charge is -2.64. The monoisotopic (exact) mass is 829 g/mol. The topological polar surface area (TPSA) is 155 Å². The Kier molecular flexibility index (Phi) is 8.82. The van der Waals surface area contributed by atoms with Crippen LogP contribution in [0.1, 0.15) is 74.5 Å². The fraction of sp³-hybridized carbons (Fsp3) is 0.391. The van der Waals surface area contributed by atoms with E-state index in [9.17, 15) is 9.90 Å². The fourth-order valence-corrected chi connectivity index (χ4v) is 12.5. The Bertz CT molecular complexity index is 2610. The second-order valence-electron chi connectivity index (χ2n) is 16.6.